The van der Waals surface area contributed by atoms with E-state index in [0.29, 0.717) is 31.5 Å². The normalized spacial score (nSPS) is 20.9. The first kappa shape index (κ1) is 21.3. The van der Waals surface area contributed by atoms with Gasteiger partial charge in [-0.3, -0.25) is 4.79 Å². The number of piperidine rings is 1. The molecule has 0 radical (unpaired) electrons. The second-order valence-electron chi connectivity index (χ2n) is 9.79. The molecule has 1 amide bonds. The summed E-state index contributed by atoms with van der Waals surface area (Å²) >= 11 is 0. The summed E-state index contributed by atoms with van der Waals surface area (Å²) in [4.78, 5) is 15.4. The number of hydrogen-bond acceptors (Lipinski definition) is 4. The third-order valence-electron chi connectivity index (χ3n) is 7.23. The minimum Gasteiger partial charge on any atom is -0.363 e. The van der Waals surface area contributed by atoms with Crippen LogP contribution in [-0.4, -0.2) is 33.7 Å². The third-order valence-corrected chi connectivity index (χ3v) is 7.23. The fourth-order valence-corrected chi connectivity index (χ4v) is 5.28. The first-order valence-corrected chi connectivity index (χ1v) is 11.6. The van der Waals surface area contributed by atoms with Gasteiger partial charge in [-0.15, -0.1) is 0 Å². The molecule has 168 valence electrons. The minimum absolute atomic E-state index is 0.0205. The fraction of sp³-hybridized carbons (Fsp3) is 0.370. The van der Waals surface area contributed by atoms with E-state index in [1.54, 1.807) is 6.20 Å². The number of aromatic nitrogens is 2. The number of nitrogens with zero attached hydrogens (tertiary/aromatic N) is 4. The maximum atomic E-state index is 13.6. The zero-order chi connectivity index (χ0) is 23.1. The van der Waals surface area contributed by atoms with Gasteiger partial charge in [-0.05, 0) is 44.2 Å². The first-order valence-electron chi connectivity index (χ1n) is 11.6. The molecular formula is C27H29N5O. The van der Waals surface area contributed by atoms with Gasteiger partial charge in [0.05, 0.1) is 29.3 Å². The molecule has 0 saturated carbocycles. The van der Waals surface area contributed by atoms with Gasteiger partial charge in [0.2, 0.25) is 0 Å². The Hall–Kier alpha value is -3.59. The summed E-state index contributed by atoms with van der Waals surface area (Å²) in [7, 11) is 0. The lowest BCUT2D eigenvalue weighted by Crippen LogP contribution is -2.45. The van der Waals surface area contributed by atoms with E-state index in [9.17, 15) is 10.1 Å². The largest absolute Gasteiger partial charge is 0.363 e. The maximum Gasteiger partial charge on any atom is 0.259 e. The molecule has 5 rings (SSSR count). The highest BCUT2D eigenvalue weighted by atomic mass is 16.2. The van der Waals surface area contributed by atoms with E-state index >= 15 is 0 Å². The Morgan fingerprint density at radius 1 is 1.06 bits per heavy atom. The highest BCUT2D eigenvalue weighted by Crippen LogP contribution is 2.41. The van der Waals surface area contributed by atoms with Crippen molar-refractivity contribution in [1.29, 1.82) is 5.26 Å². The molecule has 6 heteroatoms. The number of hydrogen-bond donors (Lipinski definition) is 1. The van der Waals surface area contributed by atoms with Gasteiger partial charge in [-0.25, -0.2) is 4.68 Å². The second kappa shape index (κ2) is 8.08. The number of amides is 1. The van der Waals surface area contributed by atoms with Crippen LogP contribution in [0.5, 0.6) is 0 Å². The van der Waals surface area contributed by atoms with Crippen molar-refractivity contribution in [1.82, 2.24) is 14.7 Å². The molecule has 1 atom stereocenters. The van der Waals surface area contributed by atoms with Crippen LogP contribution in [0.3, 0.4) is 0 Å². The molecule has 2 aromatic carbocycles. The number of fused-ring (bicyclic) bond motifs is 1. The molecule has 0 bridgehead atoms. The minimum atomic E-state index is -0.533. The van der Waals surface area contributed by atoms with Crippen molar-refractivity contribution in [2.75, 3.05) is 18.4 Å². The van der Waals surface area contributed by atoms with Gasteiger partial charge < -0.3 is 10.2 Å². The topological polar surface area (TPSA) is 74.0 Å². The number of nitriles is 1. The summed E-state index contributed by atoms with van der Waals surface area (Å²) < 4.78 is 1.95. The number of likely N-dealkylation sites (tertiary alicyclic amines) is 1. The van der Waals surface area contributed by atoms with Crippen molar-refractivity contribution >= 4 is 11.7 Å². The highest BCUT2D eigenvalue weighted by molar-refractivity contribution is 5.99. The lowest BCUT2D eigenvalue weighted by atomic mass is 9.74. The molecule has 1 saturated heterocycles. The van der Waals surface area contributed by atoms with Crippen LogP contribution in [0.1, 0.15) is 60.6 Å². The fourth-order valence-electron chi connectivity index (χ4n) is 5.28. The van der Waals surface area contributed by atoms with Crippen LogP contribution in [0, 0.1) is 11.3 Å². The molecule has 6 nitrogen and oxygen atoms in total. The summed E-state index contributed by atoms with van der Waals surface area (Å²) in [6, 6.07) is 23.0. The van der Waals surface area contributed by atoms with Crippen LogP contribution in [0.4, 0.5) is 5.82 Å². The van der Waals surface area contributed by atoms with Crippen molar-refractivity contribution in [3.05, 3.63) is 83.6 Å². The monoisotopic (exact) mass is 439 g/mol. The Labute approximate surface area is 194 Å². The Morgan fingerprint density at radius 3 is 2.33 bits per heavy atom. The number of anilines is 1. The van der Waals surface area contributed by atoms with Gasteiger partial charge in [-0.2, -0.15) is 10.4 Å². The zero-order valence-electron chi connectivity index (χ0n) is 19.2. The molecule has 2 aliphatic heterocycles. The number of nitrogens with one attached hydrogen (secondary N) is 1. The average Bonchev–Trinajstić information content (AvgIpc) is 3.29. The number of carbonyl (C=O) groups is 1. The Morgan fingerprint density at radius 2 is 1.70 bits per heavy atom. The Bertz CT molecular complexity index is 1180. The highest BCUT2D eigenvalue weighted by Gasteiger charge is 2.40. The summed E-state index contributed by atoms with van der Waals surface area (Å²) in [5.41, 5.74) is 2.10. The Balaban J connectivity index is 1.38. The quantitative estimate of drug-likeness (QED) is 0.632. The van der Waals surface area contributed by atoms with Crippen molar-refractivity contribution < 1.29 is 4.79 Å². The Kier molecular flexibility index (Phi) is 5.20. The summed E-state index contributed by atoms with van der Waals surface area (Å²) in [5.74, 6) is 0.762. The van der Waals surface area contributed by atoms with Crippen molar-refractivity contribution in [2.24, 2.45) is 0 Å². The lowest BCUT2D eigenvalue weighted by Gasteiger charge is -2.39. The third kappa shape index (κ3) is 3.68. The van der Waals surface area contributed by atoms with Gasteiger partial charge in [0.1, 0.15) is 11.4 Å². The van der Waals surface area contributed by atoms with E-state index in [4.69, 9.17) is 0 Å². The van der Waals surface area contributed by atoms with E-state index in [1.165, 1.54) is 5.56 Å². The van der Waals surface area contributed by atoms with E-state index in [0.717, 1.165) is 17.8 Å². The predicted molar refractivity (Wildman–Crippen MR) is 128 cm³/mol. The second-order valence-corrected chi connectivity index (χ2v) is 9.79. The molecule has 3 heterocycles. The molecule has 1 aromatic heterocycles. The van der Waals surface area contributed by atoms with Crippen molar-refractivity contribution in [3.8, 4) is 6.07 Å². The van der Waals surface area contributed by atoms with Crippen LogP contribution >= 0.6 is 0 Å². The smallest absolute Gasteiger partial charge is 0.259 e. The molecular weight excluding hydrogens is 410 g/mol. The predicted octanol–water partition coefficient (Wildman–Crippen LogP) is 4.87. The van der Waals surface area contributed by atoms with Crippen LogP contribution in [0.15, 0.2) is 66.9 Å². The molecule has 1 unspecified atom stereocenters. The number of benzene rings is 2. The lowest BCUT2D eigenvalue weighted by molar-refractivity contribution is 0.0692. The molecule has 0 aliphatic carbocycles. The molecule has 2 aliphatic rings. The molecule has 3 aromatic rings. The van der Waals surface area contributed by atoms with Gasteiger partial charge in [0, 0.05) is 13.1 Å². The number of rotatable bonds is 3. The van der Waals surface area contributed by atoms with E-state index in [1.807, 2.05) is 58.1 Å². The van der Waals surface area contributed by atoms with Gasteiger partial charge in [0.15, 0.2) is 0 Å². The summed E-state index contributed by atoms with van der Waals surface area (Å²) in [6.45, 7) is 5.43. The molecule has 1 fully saturated rings. The van der Waals surface area contributed by atoms with Crippen molar-refractivity contribution in [2.45, 2.75) is 50.1 Å². The van der Waals surface area contributed by atoms with E-state index in [-0.39, 0.29) is 17.5 Å². The maximum absolute atomic E-state index is 13.6. The molecule has 33 heavy (non-hydrogen) atoms. The zero-order valence-corrected chi connectivity index (χ0v) is 19.2. The SMILES string of the molecule is CC1(C)CC(c2ccccc2)Nc2c(C(=O)N3CCC(C#N)(c4ccccc4)CC3)cnn21. The molecule has 1 N–H and O–H groups in total. The first-order chi connectivity index (χ1) is 15.9. The van der Waals surface area contributed by atoms with Crippen LogP contribution in [0.2, 0.25) is 0 Å². The van der Waals surface area contributed by atoms with Crippen molar-refractivity contribution in [3.63, 3.8) is 0 Å². The van der Waals surface area contributed by atoms with Crippen LogP contribution in [0.25, 0.3) is 0 Å². The van der Waals surface area contributed by atoms with Gasteiger partial charge in [0.25, 0.3) is 5.91 Å². The molecule has 0 spiro atoms. The van der Waals surface area contributed by atoms with Gasteiger partial charge >= 0.3 is 0 Å². The standard InChI is InChI=1S/C27H29N5O/c1-26(2)17-23(20-9-5-3-6-10-20)30-24-22(18-29-32(24)26)25(33)31-15-13-27(19-28,14-16-31)21-11-7-4-8-12-21/h3-12,18,23,30H,13-17H2,1-2H3. The van der Waals surface area contributed by atoms with Gasteiger partial charge in [-0.1, -0.05) is 60.7 Å². The van der Waals surface area contributed by atoms with E-state index < -0.39 is 5.41 Å². The summed E-state index contributed by atoms with van der Waals surface area (Å²) in [6.07, 6.45) is 3.84. The van der Waals surface area contributed by atoms with E-state index in [2.05, 4.69) is 42.5 Å². The summed E-state index contributed by atoms with van der Waals surface area (Å²) in [5, 5.41) is 18.2. The van der Waals surface area contributed by atoms with Crippen LogP contribution in [-0.2, 0) is 11.0 Å². The average molecular weight is 440 g/mol. The van der Waals surface area contributed by atoms with Crippen LogP contribution < -0.4 is 5.32 Å². The number of carbonyl (C=O) groups excluding carboxylic acids is 1.